The van der Waals surface area contributed by atoms with Gasteiger partial charge in [0.2, 0.25) is 0 Å². The number of rotatable bonds is 4. The Kier molecular flexibility index (Phi) is 6.84. The van der Waals surface area contributed by atoms with E-state index >= 15 is 0 Å². The summed E-state index contributed by atoms with van der Waals surface area (Å²) < 4.78 is 10.4. The lowest BCUT2D eigenvalue weighted by Crippen LogP contribution is -2.46. The number of hydrogen-bond acceptors (Lipinski definition) is 7. The minimum absolute atomic E-state index is 0.00836. The van der Waals surface area contributed by atoms with Gasteiger partial charge >= 0.3 is 12.1 Å². The Morgan fingerprint density at radius 3 is 2.54 bits per heavy atom. The molecule has 2 rings (SSSR count). The van der Waals surface area contributed by atoms with Crippen molar-refractivity contribution < 1.29 is 19.1 Å². The zero-order valence-corrected chi connectivity index (χ0v) is 17.2. The molecule has 0 saturated carbocycles. The molecule has 152 valence electrons. The van der Waals surface area contributed by atoms with Crippen molar-refractivity contribution in [3.05, 3.63) is 22.9 Å². The third-order valence-electron chi connectivity index (χ3n) is 4.25. The van der Waals surface area contributed by atoms with E-state index in [0.29, 0.717) is 37.4 Å². The predicted molar refractivity (Wildman–Crippen MR) is 104 cm³/mol. The maximum Gasteiger partial charge on any atom is 0.407 e. The molecule has 1 saturated heterocycles. The summed E-state index contributed by atoms with van der Waals surface area (Å²) in [7, 11) is 0. The average molecular weight is 388 g/mol. The van der Waals surface area contributed by atoms with Gasteiger partial charge in [-0.15, -0.1) is 0 Å². The van der Waals surface area contributed by atoms with Gasteiger partial charge in [0.1, 0.15) is 23.1 Å². The molecular weight excluding hydrogens is 360 g/mol. The second-order valence-corrected chi connectivity index (χ2v) is 7.75. The van der Waals surface area contributed by atoms with Gasteiger partial charge in [0.15, 0.2) is 0 Å². The van der Waals surface area contributed by atoms with Crippen molar-refractivity contribution in [3.8, 4) is 6.07 Å². The number of piperidine rings is 1. The van der Waals surface area contributed by atoms with Crippen LogP contribution in [0, 0.1) is 18.3 Å². The second-order valence-electron chi connectivity index (χ2n) is 7.75. The fourth-order valence-electron chi connectivity index (χ4n) is 3.08. The molecule has 0 atom stereocenters. The molecule has 8 heteroatoms. The Hall–Kier alpha value is -2.82. The predicted octanol–water partition coefficient (Wildman–Crippen LogP) is 2.93. The van der Waals surface area contributed by atoms with Crippen LogP contribution in [0.15, 0.2) is 6.07 Å². The van der Waals surface area contributed by atoms with E-state index in [-0.39, 0.29) is 23.8 Å². The van der Waals surface area contributed by atoms with Gasteiger partial charge < -0.3 is 19.7 Å². The summed E-state index contributed by atoms with van der Waals surface area (Å²) in [6.45, 7) is 10.4. The van der Waals surface area contributed by atoms with Gasteiger partial charge in [0.25, 0.3) is 0 Å². The van der Waals surface area contributed by atoms with Crippen LogP contribution in [0.2, 0.25) is 0 Å². The van der Waals surface area contributed by atoms with Crippen LogP contribution >= 0.6 is 0 Å². The molecule has 1 aromatic heterocycles. The number of amides is 1. The number of nitrogens with zero attached hydrogens (tertiary/aromatic N) is 3. The summed E-state index contributed by atoms with van der Waals surface area (Å²) >= 11 is 0. The van der Waals surface area contributed by atoms with Gasteiger partial charge in [0.05, 0.1) is 12.2 Å². The van der Waals surface area contributed by atoms with Crippen LogP contribution in [0.5, 0.6) is 0 Å². The number of aromatic nitrogens is 1. The molecule has 1 amide bonds. The molecule has 1 aliphatic rings. The highest BCUT2D eigenvalue weighted by molar-refractivity contribution is 5.94. The number of carbonyl (C=O) groups is 2. The largest absolute Gasteiger partial charge is 0.462 e. The van der Waals surface area contributed by atoms with E-state index in [1.54, 1.807) is 19.9 Å². The number of nitriles is 1. The van der Waals surface area contributed by atoms with E-state index in [9.17, 15) is 14.9 Å². The number of ether oxygens (including phenoxy) is 2. The van der Waals surface area contributed by atoms with Crippen molar-refractivity contribution in [1.82, 2.24) is 10.3 Å². The lowest BCUT2D eigenvalue weighted by molar-refractivity contribution is 0.0493. The number of nitrogens with one attached hydrogen (secondary N) is 1. The first-order valence-electron chi connectivity index (χ1n) is 9.48. The van der Waals surface area contributed by atoms with Crippen molar-refractivity contribution >= 4 is 17.9 Å². The average Bonchev–Trinajstić information content (AvgIpc) is 2.60. The Labute approximate surface area is 165 Å². The van der Waals surface area contributed by atoms with Crippen molar-refractivity contribution in [1.29, 1.82) is 5.26 Å². The molecule has 1 aliphatic heterocycles. The Balaban J connectivity index is 2.11. The number of alkyl carbamates (subject to hydrolysis) is 1. The minimum Gasteiger partial charge on any atom is -0.462 e. The fourth-order valence-corrected chi connectivity index (χ4v) is 3.08. The first-order chi connectivity index (χ1) is 13.1. The standard InChI is InChI=1S/C20H28N4O4/c1-6-27-18(25)15-11-13(2)22-17(16(15)12-21)24-9-7-14(8-10-24)23-19(26)28-20(3,4)5/h11,14H,6-10H2,1-5H3,(H,23,26). The SMILES string of the molecule is CCOC(=O)c1cc(C)nc(N2CCC(NC(=O)OC(C)(C)C)CC2)c1C#N. The summed E-state index contributed by atoms with van der Waals surface area (Å²) in [5.74, 6) is -0.0338. The smallest absolute Gasteiger partial charge is 0.407 e. The highest BCUT2D eigenvalue weighted by atomic mass is 16.6. The molecule has 28 heavy (non-hydrogen) atoms. The van der Waals surface area contributed by atoms with Gasteiger partial charge in [-0.05, 0) is 53.5 Å². The number of aryl methyl sites for hydroxylation is 1. The molecule has 0 unspecified atom stereocenters. The molecule has 1 fully saturated rings. The summed E-state index contributed by atoms with van der Waals surface area (Å²) in [6.07, 6.45) is 0.949. The number of hydrogen-bond donors (Lipinski definition) is 1. The van der Waals surface area contributed by atoms with Crippen molar-refractivity contribution in [3.63, 3.8) is 0 Å². The van der Waals surface area contributed by atoms with Crippen LogP contribution in [0.4, 0.5) is 10.6 Å². The van der Waals surface area contributed by atoms with Crippen molar-refractivity contribution in [2.75, 3.05) is 24.6 Å². The van der Waals surface area contributed by atoms with E-state index in [0.717, 1.165) is 0 Å². The lowest BCUT2D eigenvalue weighted by atomic mass is 10.0. The lowest BCUT2D eigenvalue weighted by Gasteiger charge is -2.34. The highest BCUT2D eigenvalue weighted by Crippen LogP contribution is 2.26. The quantitative estimate of drug-likeness (QED) is 0.791. The summed E-state index contributed by atoms with van der Waals surface area (Å²) in [4.78, 5) is 30.6. The van der Waals surface area contributed by atoms with Crippen LogP contribution in [0.3, 0.4) is 0 Å². The molecule has 0 aromatic carbocycles. The zero-order valence-electron chi connectivity index (χ0n) is 17.2. The number of carbonyl (C=O) groups excluding carboxylic acids is 2. The maximum absolute atomic E-state index is 12.2. The van der Waals surface area contributed by atoms with E-state index < -0.39 is 17.7 Å². The van der Waals surface area contributed by atoms with Crippen molar-refractivity contribution in [2.45, 2.75) is 59.1 Å². The molecular formula is C20H28N4O4. The van der Waals surface area contributed by atoms with Crippen LogP contribution in [-0.4, -0.2) is 48.4 Å². The maximum atomic E-state index is 12.2. The van der Waals surface area contributed by atoms with E-state index in [4.69, 9.17) is 9.47 Å². The van der Waals surface area contributed by atoms with Crippen LogP contribution in [-0.2, 0) is 9.47 Å². The van der Waals surface area contributed by atoms with Gasteiger partial charge in [-0.1, -0.05) is 0 Å². The highest BCUT2D eigenvalue weighted by Gasteiger charge is 2.27. The monoisotopic (exact) mass is 388 g/mol. The van der Waals surface area contributed by atoms with Gasteiger partial charge in [-0.2, -0.15) is 5.26 Å². The molecule has 1 aromatic rings. The first kappa shape index (κ1) is 21.5. The molecule has 0 aliphatic carbocycles. The number of esters is 1. The molecule has 0 spiro atoms. The van der Waals surface area contributed by atoms with E-state index in [2.05, 4.69) is 16.4 Å². The third-order valence-corrected chi connectivity index (χ3v) is 4.25. The van der Waals surface area contributed by atoms with Crippen LogP contribution in [0.25, 0.3) is 0 Å². The molecule has 1 N–H and O–H groups in total. The Bertz CT molecular complexity index is 772. The molecule has 0 bridgehead atoms. The van der Waals surface area contributed by atoms with Crippen LogP contribution < -0.4 is 10.2 Å². The number of anilines is 1. The first-order valence-corrected chi connectivity index (χ1v) is 9.48. The van der Waals surface area contributed by atoms with Crippen molar-refractivity contribution in [2.24, 2.45) is 0 Å². The zero-order chi connectivity index (χ0) is 20.9. The Morgan fingerprint density at radius 1 is 1.36 bits per heavy atom. The minimum atomic E-state index is -0.540. The second kappa shape index (κ2) is 8.91. The Morgan fingerprint density at radius 2 is 2.00 bits per heavy atom. The number of pyridine rings is 1. The van der Waals surface area contributed by atoms with Crippen LogP contribution in [0.1, 0.15) is 62.2 Å². The topological polar surface area (TPSA) is 105 Å². The summed E-state index contributed by atoms with van der Waals surface area (Å²) in [5.41, 5.74) is 0.566. The summed E-state index contributed by atoms with van der Waals surface area (Å²) in [5, 5.41) is 12.5. The molecule has 8 nitrogen and oxygen atoms in total. The van der Waals surface area contributed by atoms with Gasteiger partial charge in [-0.3, -0.25) is 0 Å². The van der Waals surface area contributed by atoms with Gasteiger partial charge in [-0.25, -0.2) is 14.6 Å². The summed E-state index contributed by atoms with van der Waals surface area (Å²) in [6, 6.07) is 3.67. The van der Waals surface area contributed by atoms with E-state index in [1.807, 2.05) is 25.7 Å². The fraction of sp³-hybridized carbons (Fsp3) is 0.600. The van der Waals surface area contributed by atoms with E-state index in [1.165, 1.54) is 0 Å². The normalized spacial score (nSPS) is 14.9. The molecule has 0 radical (unpaired) electrons. The molecule has 2 heterocycles. The third kappa shape index (κ3) is 5.59. The van der Waals surface area contributed by atoms with Gasteiger partial charge in [0, 0.05) is 24.8 Å².